The molecule has 6 nitrogen and oxygen atoms in total. The topological polar surface area (TPSA) is 75.1 Å². The van der Waals surface area contributed by atoms with Crippen LogP contribution in [0, 0.1) is 6.92 Å². The Kier molecular flexibility index (Phi) is 11.3. The fourth-order valence-corrected chi connectivity index (χ4v) is 2.86. The largest absolute Gasteiger partial charge is 0.504 e. The van der Waals surface area contributed by atoms with Crippen LogP contribution in [0.5, 0.6) is 17.2 Å². The number of aryl methyl sites for hydroxylation is 1. The third-order valence-corrected chi connectivity index (χ3v) is 4.44. The molecule has 0 amide bonds. The van der Waals surface area contributed by atoms with E-state index in [0.717, 1.165) is 48.8 Å². The first kappa shape index (κ1) is 24.9. The lowest BCUT2D eigenvalue weighted by atomic mass is 10.1. The van der Waals surface area contributed by atoms with Gasteiger partial charge in [-0.05, 0) is 61.6 Å². The maximum absolute atomic E-state index is 9.68. The molecule has 0 aliphatic rings. The normalized spacial score (nSPS) is 10.8. The molecular formula is C22H32IN3O3. The number of phenolic OH excluding ortho intramolecular Hbond substituents is 1. The fourth-order valence-electron chi connectivity index (χ4n) is 2.86. The van der Waals surface area contributed by atoms with Crippen molar-refractivity contribution in [2.45, 2.75) is 26.7 Å². The maximum Gasteiger partial charge on any atom is 0.191 e. The van der Waals surface area contributed by atoms with Crippen molar-refractivity contribution in [1.29, 1.82) is 0 Å². The van der Waals surface area contributed by atoms with Gasteiger partial charge >= 0.3 is 0 Å². The zero-order chi connectivity index (χ0) is 20.4. The lowest BCUT2D eigenvalue weighted by Crippen LogP contribution is -2.38. The molecule has 0 saturated heterocycles. The van der Waals surface area contributed by atoms with Gasteiger partial charge in [-0.2, -0.15) is 0 Å². The number of nitrogens with zero attached hydrogens (tertiary/aromatic N) is 1. The van der Waals surface area contributed by atoms with Gasteiger partial charge in [0.05, 0.1) is 14.2 Å². The highest BCUT2D eigenvalue weighted by Crippen LogP contribution is 2.26. The predicted molar refractivity (Wildman–Crippen MR) is 129 cm³/mol. The van der Waals surface area contributed by atoms with Crippen molar-refractivity contribution in [3.8, 4) is 17.2 Å². The second kappa shape index (κ2) is 13.1. The SMILES string of the molecule is CCNC(=NCCc1ccc(C)c(OC)c1)NCCc1ccc(O)c(OC)c1.I. The number of methoxy groups -OCH3 is 2. The summed E-state index contributed by atoms with van der Waals surface area (Å²) >= 11 is 0. The molecule has 160 valence electrons. The smallest absolute Gasteiger partial charge is 0.191 e. The number of hydrogen-bond acceptors (Lipinski definition) is 4. The molecule has 0 aliphatic heterocycles. The summed E-state index contributed by atoms with van der Waals surface area (Å²) in [4.78, 5) is 4.65. The highest BCUT2D eigenvalue weighted by molar-refractivity contribution is 14.0. The summed E-state index contributed by atoms with van der Waals surface area (Å²) in [6.45, 7) is 6.31. The number of hydrogen-bond donors (Lipinski definition) is 3. The molecule has 3 N–H and O–H groups in total. The fraction of sp³-hybridized carbons (Fsp3) is 0.409. The van der Waals surface area contributed by atoms with Gasteiger partial charge in [-0.1, -0.05) is 18.2 Å². The van der Waals surface area contributed by atoms with E-state index in [-0.39, 0.29) is 29.7 Å². The van der Waals surface area contributed by atoms with E-state index < -0.39 is 0 Å². The first-order chi connectivity index (χ1) is 13.6. The number of aliphatic imine (C=N–C) groups is 1. The minimum absolute atomic E-state index is 0. The Morgan fingerprint density at radius 3 is 2.31 bits per heavy atom. The molecule has 0 radical (unpaired) electrons. The second-order valence-corrected chi connectivity index (χ2v) is 6.50. The Labute approximate surface area is 190 Å². The van der Waals surface area contributed by atoms with Crippen LogP contribution in [0.3, 0.4) is 0 Å². The minimum atomic E-state index is 0. The zero-order valence-corrected chi connectivity index (χ0v) is 19.9. The first-order valence-electron chi connectivity index (χ1n) is 9.59. The molecule has 0 unspecified atom stereocenters. The molecule has 2 aromatic carbocycles. The number of benzene rings is 2. The molecule has 0 atom stereocenters. The van der Waals surface area contributed by atoms with Crippen LogP contribution in [-0.4, -0.2) is 44.9 Å². The average Bonchev–Trinajstić information content (AvgIpc) is 2.70. The summed E-state index contributed by atoms with van der Waals surface area (Å²) in [5.74, 6) is 2.36. The average molecular weight is 513 g/mol. The standard InChI is InChI=1S/C22H31N3O3.HI/c1-5-23-22(24-12-10-17-7-6-16(2)20(14-17)27-3)25-13-11-18-8-9-19(26)21(15-18)28-4;/h6-9,14-15,26H,5,10-13H2,1-4H3,(H2,23,24,25);1H. The predicted octanol–water partition coefficient (Wildman–Crippen LogP) is 3.68. The van der Waals surface area contributed by atoms with Gasteiger partial charge in [-0.3, -0.25) is 4.99 Å². The number of guanidine groups is 1. The number of ether oxygens (including phenoxy) is 2. The van der Waals surface area contributed by atoms with Gasteiger partial charge in [0.2, 0.25) is 0 Å². The first-order valence-corrected chi connectivity index (χ1v) is 9.59. The Hall–Kier alpha value is -2.16. The summed E-state index contributed by atoms with van der Waals surface area (Å²) in [6, 6.07) is 11.7. The summed E-state index contributed by atoms with van der Waals surface area (Å²) in [7, 11) is 3.25. The van der Waals surface area contributed by atoms with Crippen LogP contribution < -0.4 is 20.1 Å². The molecular weight excluding hydrogens is 481 g/mol. The minimum Gasteiger partial charge on any atom is -0.504 e. The Bertz CT molecular complexity index is 797. The Morgan fingerprint density at radius 2 is 1.62 bits per heavy atom. The van der Waals surface area contributed by atoms with E-state index in [2.05, 4.69) is 33.8 Å². The van der Waals surface area contributed by atoms with E-state index in [1.807, 2.05) is 26.0 Å². The monoisotopic (exact) mass is 513 g/mol. The molecule has 0 fully saturated rings. The Balaban J connectivity index is 0.00000420. The van der Waals surface area contributed by atoms with Gasteiger partial charge in [0.25, 0.3) is 0 Å². The van der Waals surface area contributed by atoms with E-state index in [0.29, 0.717) is 12.3 Å². The zero-order valence-electron chi connectivity index (χ0n) is 17.6. The van der Waals surface area contributed by atoms with Crippen molar-refractivity contribution in [3.05, 3.63) is 53.1 Å². The highest BCUT2D eigenvalue weighted by atomic mass is 127. The molecule has 0 heterocycles. The Morgan fingerprint density at radius 1 is 0.966 bits per heavy atom. The molecule has 0 saturated carbocycles. The number of aromatic hydroxyl groups is 1. The van der Waals surface area contributed by atoms with E-state index in [4.69, 9.17) is 9.47 Å². The number of rotatable bonds is 9. The van der Waals surface area contributed by atoms with Gasteiger partial charge in [-0.15, -0.1) is 24.0 Å². The van der Waals surface area contributed by atoms with E-state index in [9.17, 15) is 5.11 Å². The van der Waals surface area contributed by atoms with Crippen LogP contribution in [-0.2, 0) is 12.8 Å². The number of phenols is 1. The molecule has 2 aromatic rings. The van der Waals surface area contributed by atoms with Crippen LogP contribution in [0.25, 0.3) is 0 Å². The van der Waals surface area contributed by atoms with Crippen LogP contribution in [0.2, 0.25) is 0 Å². The molecule has 2 rings (SSSR count). The van der Waals surface area contributed by atoms with Gasteiger partial charge < -0.3 is 25.2 Å². The quantitative estimate of drug-likeness (QED) is 0.271. The van der Waals surface area contributed by atoms with Crippen LogP contribution in [0.1, 0.15) is 23.6 Å². The molecule has 0 aromatic heterocycles. The molecule has 29 heavy (non-hydrogen) atoms. The summed E-state index contributed by atoms with van der Waals surface area (Å²) in [5.41, 5.74) is 3.43. The van der Waals surface area contributed by atoms with Crippen LogP contribution in [0.15, 0.2) is 41.4 Å². The third kappa shape index (κ3) is 8.00. The molecule has 0 aliphatic carbocycles. The highest BCUT2D eigenvalue weighted by Gasteiger charge is 2.04. The van der Waals surface area contributed by atoms with Gasteiger partial charge in [-0.25, -0.2) is 0 Å². The second-order valence-electron chi connectivity index (χ2n) is 6.50. The summed E-state index contributed by atoms with van der Waals surface area (Å²) in [5, 5.41) is 16.3. The van der Waals surface area contributed by atoms with Crippen molar-refractivity contribution >= 4 is 29.9 Å². The van der Waals surface area contributed by atoms with Crippen molar-refractivity contribution in [3.63, 3.8) is 0 Å². The number of halogens is 1. The maximum atomic E-state index is 9.68. The molecule has 0 bridgehead atoms. The molecule has 0 spiro atoms. The summed E-state index contributed by atoms with van der Waals surface area (Å²) < 4.78 is 10.5. The van der Waals surface area contributed by atoms with Gasteiger partial charge in [0.15, 0.2) is 17.5 Å². The van der Waals surface area contributed by atoms with Crippen LogP contribution in [0.4, 0.5) is 0 Å². The van der Waals surface area contributed by atoms with E-state index in [1.54, 1.807) is 20.3 Å². The lowest BCUT2D eigenvalue weighted by molar-refractivity contribution is 0.373. The van der Waals surface area contributed by atoms with E-state index >= 15 is 0 Å². The third-order valence-electron chi connectivity index (χ3n) is 4.44. The number of nitrogens with one attached hydrogen (secondary N) is 2. The summed E-state index contributed by atoms with van der Waals surface area (Å²) in [6.07, 6.45) is 1.65. The lowest BCUT2D eigenvalue weighted by Gasteiger charge is -2.12. The molecule has 7 heteroatoms. The van der Waals surface area contributed by atoms with Crippen molar-refractivity contribution in [2.75, 3.05) is 33.9 Å². The van der Waals surface area contributed by atoms with Crippen LogP contribution >= 0.6 is 24.0 Å². The van der Waals surface area contributed by atoms with Gasteiger partial charge in [0, 0.05) is 19.6 Å². The van der Waals surface area contributed by atoms with Crippen molar-refractivity contribution in [1.82, 2.24) is 10.6 Å². The van der Waals surface area contributed by atoms with E-state index in [1.165, 1.54) is 5.56 Å². The van der Waals surface area contributed by atoms with Crippen molar-refractivity contribution < 1.29 is 14.6 Å². The van der Waals surface area contributed by atoms with Crippen molar-refractivity contribution in [2.24, 2.45) is 4.99 Å². The van der Waals surface area contributed by atoms with Gasteiger partial charge in [0.1, 0.15) is 5.75 Å².